The van der Waals surface area contributed by atoms with E-state index in [9.17, 15) is 9.59 Å². The maximum absolute atomic E-state index is 12.4. The van der Waals surface area contributed by atoms with E-state index in [1.54, 1.807) is 0 Å². The lowest BCUT2D eigenvalue weighted by Gasteiger charge is -2.32. The van der Waals surface area contributed by atoms with Crippen molar-refractivity contribution in [1.29, 1.82) is 0 Å². The van der Waals surface area contributed by atoms with E-state index in [0.29, 0.717) is 12.1 Å². The van der Waals surface area contributed by atoms with Crippen LogP contribution in [0, 0.1) is 0 Å². The molecule has 6 N–H and O–H groups in total. The first kappa shape index (κ1) is 20.0. The first-order valence-corrected chi connectivity index (χ1v) is 9.80. The molecular formula is C20H28N6O2. The number of aromatic nitrogens is 2. The number of likely N-dealkylation sites (N-methyl/N-ethyl adjacent to an activating group) is 1. The topological polar surface area (TPSA) is 125 Å². The molecular weight excluding hydrogens is 356 g/mol. The number of anilines is 1. The van der Waals surface area contributed by atoms with Crippen molar-refractivity contribution in [1.82, 2.24) is 20.6 Å². The molecule has 1 heterocycles. The smallest absolute Gasteiger partial charge is 0.321 e. The molecule has 28 heavy (non-hydrogen) atoms. The Kier molecular flexibility index (Phi) is 6.78. The molecule has 2 atom stereocenters. The SMILES string of the molecule is CCN[C@@H]1CCCCC1NC(=O)Nc1ncc(-c2ccc(CN)cc2)c(=O)[nH]1. The Morgan fingerprint density at radius 3 is 2.57 bits per heavy atom. The Balaban J connectivity index is 1.65. The molecule has 0 saturated heterocycles. The van der Waals surface area contributed by atoms with Crippen LogP contribution in [-0.4, -0.2) is 34.6 Å². The summed E-state index contributed by atoms with van der Waals surface area (Å²) in [7, 11) is 0. The van der Waals surface area contributed by atoms with Gasteiger partial charge in [-0.25, -0.2) is 9.78 Å². The number of nitrogens with two attached hydrogens (primary N) is 1. The van der Waals surface area contributed by atoms with E-state index in [0.717, 1.165) is 36.9 Å². The number of urea groups is 1. The van der Waals surface area contributed by atoms with Gasteiger partial charge in [-0.2, -0.15) is 0 Å². The zero-order valence-electron chi connectivity index (χ0n) is 16.1. The number of amides is 2. The lowest BCUT2D eigenvalue weighted by Crippen LogP contribution is -2.52. The van der Waals surface area contributed by atoms with Gasteiger partial charge in [-0.05, 0) is 30.5 Å². The van der Waals surface area contributed by atoms with Gasteiger partial charge in [0.15, 0.2) is 0 Å². The van der Waals surface area contributed by atoms with Crippen LogP contribution in [0.5, 0.6) is 0 Å². The Labute approximate surface area is 164 Å². The monoisotopic (exact) mass is 384 g/mol. The molecule has 1 aromatic carbocycles. The fraction of sp³-hybridized carbons (Fsp3) is 0.450. The summed E-state index contributed by atoms with van der Waals surface area (Å²) in [5, 5.41) is 9.05. The van der Waals surface area contributed by atoms with Crippen LogP contribution in [0.25, 0.3) is 11.1 Å². The van der Waals surface area contributed by atoms with E-state index in [2.05, 4.69) is 32.8 Å². The van der Waals surface area contributed by atoms with Crippen LogP contribution in [0.4, 0.5) is 10.7 Å². The summed E-state index contributed by atoms with van der Waals surface area (Å²) >= 11 is 0. The number of benzene rings is 1. The summed E-state index contributed by atoms with van der Waals surface area (Å²) in [5.74, 6) is 0.126. The molecule has 8 heteroatoms. The maximum atomic E-state index is 12.4. The molecule has 3 rings (SSSR count). The van der Waals surface area contributed by atoms with Crippen LogP contribution >= 0.6 is 0 Å². The van der Waals surface area contributed by atoms with E-state index in [-0.39, 0.29) is 29.6 Å². The molecule has 2 amide bonds. The minimum Gasteiger partial charge on any atom is -0.333 e. The number of hydrogen-bond donors (Lipinski definition) is 5. The summed E-state index contributed by atoms with van der Waals surface area (Å²) in [5.41, 5.74) is 7.46. The molecule has 8 nitrogen and oxygen atoms in total. The molecule has 150 valence electrons. The second-order valence-corrected chi connectivity index (χ2v) is 7.03. The van der Waals surface area contributed by atoms with Crippen LogP contribution in [0.2, 0.25) is 0 Å². The molecule has 1 fully saturated rings. The minimum absolute atomic E-state index is 0.0701. The molecule has 1 aliphatic carbocycles. The molecule has 0 bridgehead atoms. The van der Waals surface area contributed by atoms with E-state index in [1.165, 1.54) is 12.6 Å². The van der Waals surface area contributed by atoms with Crippen LogP contribution in [0.3, 0.4) is 0 Å². The molecule has 0 radical (unpaired) electrons. The zero-order valence-corrected chi connectivity index (χ0v) is 16.1. The molecule has 0 spiro atoms. The highest BCUT2D eigenvalue weighted by molar-refractivity contribution is 5.87. The fourth-order valence-electron chi connectivity index (χ4n) is 3.61. The first-order valence-electron chi connectivity index (χ1n) is 9.80. The van der Waals surface area contributed by atoms with Gasteiger partial charge < -0.3 is 16.4 Å². The van der Waals surface area contributed by atoms with Crippen molar-refractivity contribution >= 4 is 12.0 Å². The molecule has 0 aliphatic heterocycles. The van der Waals surface area contributed by atoms with Crippen LogP contribution < -0.4 is 27.2 Å². The van der Waals surface area contributed by atoms with Crippen LogP contribution in [-0.2, 0) is 6.54 Å². The van der Waals surface area contributed by atoms with Crippen molar-refractivity contribution in [3.8, 4) is 11.1 Å². The lowest BCUT2D eigenvalue weighted by atomic mass is 9.90. The lowest BCUT2D eigenvalue weighted by molar-refractivity contribution is 0.235. The van der Waals surface area contributed by atoms with Crippen molar-refractivity contribution in [3.63, 3.8) is 0 Å². The average molecular weight is 384 g/mol. The van der Waals surface area contributed by atoms with Gasteiger partial charge in [-0.3, -0.25) is 15.1 Å². The highest BCUT2D eigenvalue weighted by Crippen LogP contribution is 2.19. The summed E-state index contributed by atoms with van der Waals surface area (Å²) in [4.78, 5) is 31.6. The third kappa shape index (κ3) is 4.96. The predicted molar refractivity (Wildman–Crippen MR) is 110 cm³/mol. The highest BCUT2D eigenvalue weighted by atomic mass is 16.2. The molecule has 1 aromatic heterocycles. The van der Waals surface area contributed by atoms with Gasteiger partial charge in [-0.15, -0.1) is 0 Å². The maximum Gasteiger partial charge on any atom is 0.321 e. The Morgan fingerprint density at radius 2 is 1.93 bits per heavy atom. The summed E-state index contributed by atoms with van der Waals surface area (Å²) in [6.45, 7) is 3.38. The van der Waals surface area contributed by atoms with E-state index in [1.807, 2.05) is 24.3 Å². The third-order valence-electron chi connectivity index (χ3n) is 5.08. The van der Waals surface area contributed by atoms with Gasteiger partial charge in [0.25, 0.3) is 5.56 Å². The Bertz CT molecular complexity index is 847. The quantitative estimate of drug-likeness (QED) is 0.520. The molecule has 1 saturated carbocycles. The third-order valence-corrected chi connectivity index (χ3v) is 5.08. The second-order valence-electron chi connectivity index (χ2n) is 7.03. The number of carbonyl (C=O) groups is 1. The Morgan fingerprint density at radius 1 is 1.21 bits per heavy atom. The van der Waals surface area contributed by atoms with Crippen molar-refractivity contribution in [2.75, 3.05) is 11.9 Å². The van der Waals surface area contributed by atoms with Gasteiger partial charge >= 0.3 is 6.03 Å². The van der Waals surface area contributed by atoms with Gasteiger partial charge in [0.05, 0.1) is 5.56 Å². The number of nitrogens with zero attached hydrogens (tertiary/aromatic N) is 1. The number of hydrogen-bond acceptors (Lipinski definition) is 5. The normalized spacial score (nSPS) is 19.2. The summed E-state index contributed by atoms with van der Waals surface area (Å²) in [6, 6.07) is 7.39. The average Bonchev–Trinajstić information content (AvgIpc) is 2.70. The van der Waals surface area contributed by atoms with Gasteiger partial charge in [0.2, 0.25) is 5.95 Å². The summed E-state index contributed by atoms with van der Waals surface area (Å²) in [6.07, 6.45) is 5.71. The summed E-state index contributed by atoms with van der Waals surface area (Å²) < 4.78 is 0. The Hall–Kier alpha value is -2.71. The number of aromatic amines is 1. The van der Waals surface area contributed by atoms with Crippen molar-refractivity contribution in [2.45, 2.75) is 51.2 Å². The van der Waals surface area contributed by atoms with E-state index in [4.69, 9.17) is 5.73 Å². The zero-order chi connectivity index (χ0) is 19.9. The fourth-order valence-corrected chi connectivity index (χ4v) is 3.61. The number of carbonyl (C=O) groups excluding carboxylic acids is 1. The number of rotatable bonds is 6. The number of H-pyrrole nitrogens is 1. The number of nitrogens with one attached hydrogen (secondary N) is 4. The van der Waals surface area contributed by atoms with Crippen LogP contribution in [0.1, 0.15) is 38.2 Å². The van der Waals surface area contributed by atoms with Gasteiger partial charge in [0.1, 0.15) is 0 Å². The van der Waals surface area contributed by atoms with Crippen LogP contribution in [0.15, 0.2) is 35.3 Å². The molecule has 2 aromatic rings. The standard InChI is InChI=1S/C20H28N6O2/c1-2-22-16-5-3-4-6-17(16)24-20(28)26-19-23-12-15(18(27)25-19)14-9-7-13(11-21)8-10-14/h7-10,12,16-17,22H,2-6,11,21H2,1H3,(H3,23,24,25,26,27,28)/t16-,17?/m1/s1. The van der Waals surface area contributed by atoms with Crippen molar-refractivity contribution < 1.29 is 4.79 Å². The minimum atomic E-state index is -0.363. The van der Waals surface area contributed by atoms with Crippen molar-refractivity contribution in [2.24, 2.45) is 5.73 Å². The largest absolute Gasteiger partial charge is 0.333 e. The van der Waals surface area contributed by atoms with Gasteiger partial charge in [-0.1, -0.05) is 44.0 Å². The highest BCUT2D eigenvalue weighted by Gasteiger charge is 2.25. The van der Waals surface area contributed by atoms with Gasteiger partial charge in [0, 0.05) is 24.8 Å². The van der Waals surface area contributed by atoms with E-state index < -0.39 is 0 Å². The van der Waals surface area contributed by atoms with E-state index >= 15 is 0 Å². The molecule has 1 unspecified atom stereocenters. The molecule has 1 aliphatic rings. The predicted octanol–water partition coefficient (Wildman–Crippen LogP) is 1.94. The van der Waals surface area contributed by atoms with Crippen molar-refractivity contribution in [3.05, 3.63) is 46.4 Å². The second kappa shape index (κ2) is 9.48. The first-order chi connectivity index (χ1) is 13.6.